The zero-order valence-electron chi connectivity index (χ0n) is 15.0. The lowest BCUT2D eigenvalue weighted by molar-refractivity contribution is -0.115. The molecular weight excluding hydrogens is 362 g/mol. The van der Waals surface area contributed by atoms with Crippen LogP contribution in [-0.4, -0.2) is 23.3 Å². The molecule has 2 aromatic rings. The number of carbonyl (C=O) groups excluding carboxylic acids is 1. The number of aromatic nitrogens is 1. The first-order valence-corrected chi connectivity index (χ1v) is 9.13. The van der Waals surface area contributed by atoms with Crippen LogP contribution in [0.4, 0.5) is 5.82 Å². The van der Waals surface area contributed by atoms with Gasteiger partial charge < -0.3 is 16.2 Å². The standard InChI is InChI=1S/C19H19N5O2S/c1-11(2)9-26-13-5-3-12(4-6-13)17-14(7-20)18(23)24-19(15(17)8-21)27-10-16(22)25/h3-6,11H,9-10H2,1-2H3,(H2,22,25)(H2,23,24). The highest BCUT2D eigenvalue weighted by molar-refractivity contribution is 8.00. The molecule has 0 saturated carbocycles. The molecule has 1 amide bonds. The fourth-order valence-corrected chi connectivity index (χ4v) is 3.05. The highest BCUT2D eigenvalue weighted by Gasteiger charge is 2.21. The third-order valence-electron chi connectivity index (χ3n) is 3.49. The molecule has 1 aromatic carbocycles. The summed E-state index contributed by atoms with van der Waals surface area (Å²) in [6.45, 7) is 4.69. The summed E-state index contributed by atoms with van der Waals surface area (Å²) in [6.07, 6.45) is 0. The van der Waals surface area contributed by atoms with Crippen LogP contribution in [0.1, 0.15) is 25.0 Å². The lowest BCUT2D eigenvalue weighted by atomic mass is 9.97. The average Bonchev–Trinajstić information content (AvgIpc) is 2.64. The number of primary amides is 1. The van der Waals surface area contributed by atoms with Crippen LogP contribution in [-0.2, 0) is 4.79 Å². The zero-order valence-corrected chi connectivity index (χ0v) is 15.8. The van der Waals surface area contributed by atoms with Crippen molar-refractivity contribution in [2.75, 3.05) is 18.1 Å². The van der Waals surface area contributed by atoms with Crippen molar-refractivity contribution in [2.45, 2.75) is 18.9 Å². The van der Waals surface area contributed by atoms with Gasteiger partial charge in [-0.15, -0.1) is 0 Å². The predicted molar refractivity (Wildman–Crippen MR) is 104 cm³/mol. The van der Waals surface area contributed by atoms with Gasteiger partial charge in [0.05, 0.1) is 17.9 Å². The second-order valence-electron chi connectivity index (χ2n) is 6.14. The number of rotatable bonds is 7. The minimum Gasteiger partial charge on any atom is -0.493 e. The number of thioether (sulfide) groups is 1. The van der Waals surface area contributed by atoms with E-state index in [9.17, 15) is 15.3 Å². The number of nitriles is 2. The molecule has 4 N–H and O–H groups in total. The number of nitrogens with zero attached hydrogens (tertiary/aromatic N) is 3. The summed E-state index contributed by atoms with van der Waals surface area (Å²) >= 11 is 1.01. The van der Waals surface area contributed by atoms with Gasteiger partial charge in [0, 0.05) is 5.56 Å². The summed E-state index contributed by atoms with van der Waals surface area (Å²) in [4.78, 5) is 15.2. The summed E-state index contributed by atoms with van der Waals surface area (Å²) in [7, 11) is 0. The minimum absolute atomic E-state index is 0.00129. The van der Waals surface area contributed by atoms with Crippen molar-refractivity contribution < 1.29 is 9.53 Å². The first-order valence-electron chi connectivity index (χ1n) is 8.15. The third kappa shape index (κ3) is 4.90. The highest BCUT2D eigenvalue weighted by atomic mass is 32.2. The topological polar surface area (TPSA) is 139 Å². The molecule has 0 aliphatic carbocycles. The number of pyridine rings is 1. The van der Waals surface area contributed by atoms with E-state index in [-0.39, 0.29) is 27.7 Å². The largest absolute Gasteiger partial charge is 0.493 e. The van der Waals surface area contributed by atoms with Crippen LogP contribution in [0.2, 0.25) is 0 Å². The smallest absolute Gasteiger partial charge is 0.227 e. The summed E-state index contributed by atoms with van der Waals surface area (Å²) in [6, 6.07) is 11.1. The Bertz CT molecular complexity index is 927. The summed E-state index contributed by atoms with van der Waals surface area (Å²) in [5, 5.41) is 19.4. The molecule has 0 radical (unpaired) electrons. The van der Waals surface area contributed by atoms with Crippen molar-refractivity contribution in [3.63, 3.8) is 0 Å². The summed E-state index contributed by atoms with van der Waals surface area (Å²) < 4.78 is 5.66. The quantitative estimate of drug-likeness (QED) is 0.703. The predicted octanol–water partition coefficient (Wildman–Crippen LogP) is 2.69. The highest BCUT2D eigenvalue weighted by Crippen LogP contribution is 2.36. The number of carbonyl (C=O) groups is 1. The fraction of sp³-hybridized carbons (Fsp3) is 0.263. The van der Waals surface area contributed by atoms with E-state index in [1.54, 1.807) is 24.3 Å². The summed E-state index contributed by atoms with van der Waals surface area (Å²) in [5.41, 5.74) is 12.4. The lowest BCUT2D eigenvalue weighted by Crippen LogP contribution is -2.14. The maximum Gasteiger partial charge on any atom is 0.227 e. The molecule has 1 aromatic heterocycles. The van der Waals surface area contributed by atoms with Gasteiger partial charge in [0.1, 0.15) is 34.3 Å². The van der Waals surface area contributed by atoms with Gasteiger partial charge in [-0.3, -0.25) is 4.79 Å². The van der Waals surface area contributed by atoms with E-state index in [1.165, 1.54) is 0 Å². The summed E-state index contributed by atoms with van der Waals surface area (Å²) in [5.74, 6) is 0.495. The van der Waals surface area contributed by atoms with Crippen LogP contribution < -0.4 is 16.2 Å². The molecule has 8 heteroatoms. The van der Waals surface area contributed by atoms with Gasteiger partial charge >= 0.3 is 0 Å². The molecule has 1 heterocycles. The molecule has 138 valence electrons. The molecular formula is C19H19N5O2S. The van der Waals surface area contributed by atoms with Crippen molar-refractivity contribution in [1.82, 2.24) is 4.98 Å². The second kappa shape index (κ2) is 8.93. The van der Waals surface area contributed by atoms with E-state index in [1.807, 2.05) is 6.07 Å². The van der Waals surface area contributed by atoms with Crippen LogP contribution in [0.5, 0.6) is 5.75 Å². The van der Waals surface area contributed by atoms with Gasteiger partial charge in [-0.25, -0.2) is 4.98 Å². The Kier molecular flexibility index (Phi) is 6.64. The number of nitrogens with two attached hydrogens (primary N) is 2. The molecule has 0 fully saturated rings. The molecule has 0 aliphatic heterocycles. The Labute approximate surface area is 161 Å². The number of ether oxygens (including phenoxy) is 1. The van der Waals surface area contributed by atoms with E-state index >= 15 is 0 Å². The third-order valence-corrected chi connectivity index (χ3v) is 4.49. The minimum atomic E-state index is -0.540. The second-order valence-corrected chi connectivity index (χ2v) is 7.10. The van der Waals surface area contributed by atoms with E-state index in [0.717, 1.165) is 11.8 Å². The van der Waals surface area contributed by atoms with Gasteiger partial charge in [0.15, 0.2) is 0 Å². The fourth-order valence-electron chi connectivity index (χ4n) is 2.31. The maximum absolute atomic E-state index is 11.1. The number of amides is 1. The van der Waals surface area contributed by atoms with Gasteiger partial charge in [-0.05, 0) is 23.6 Å². The van der Waals surface area contributed by atoms with E-state index in [2.05, 4.69) is 24.9 Å². The Morgan fingerprint density at radius 2 is 1.85 bits per heavy atom. The number of benzene rings is 1. The first kappa shape index (κ1) is 20.1. The van der Waals surface area contributed by atoms with Gasteiger partial charge in [-0.2, -0.15) is 10.5 Å². The van der Waals surface area contributed by atoms with Crippen molar-refractivity contribution in [3.05, 3.63) is 35.4 Å². The average molecular weight is 381 g/mol. The molecule has 7 nitrogen and oxygen atoms in total. The Balaban J connectivity index is 2.52. The molecule has 0 saturated heterocycles. The van der Waals surface area contributed by atoms with Crippen LogP contribution in [0.25, 0.3) is 11.1 Å². The van der Waals surface area contributed by atoms with Crippen LogP contribution in [0.15, 0.2) is 29.3 Å². The molecule has 0 aliphatic rings. The zero-order chi connectivity index (χ0) is 20.0. The van der Waals surface area contributed by atoms with Gasteiger partial charge in [-0.1, -0.05) is 37.7 Å². The number of nitrogen functional groups attached to an aromatic ring is 1. The number of hydrogen-bond acceptors (Lipinski definition) is 7. The Morgan fingerprint density at radius 3 is 2.37 bits per heavy atom. The molecule has 27 heavy (non-hydrogen) atoms. The van der Waals surface area contributed by atoms with Crippen LogP contribution in [0, 0.1) is 28.6 Å². The SMILES string of the molecule is CC(C)COc1ccc(-c2c(C#N)c(N)nc(SCC(N)=O)c2C#N)cc1. The Morgan fingerprint density at radius 1 is 1.22 bits per heavy atom. The van der Waals surface area contributed by atoms with Crippen molar-refractivity contribution in [2.24, 2.45) is 11.7 Å². The van der Waals surface area contributed by atoms with Crippen molar-refractivity contribution in [3.8, 4) is 29.0 Å². The molecule has 0 unspecified atom stereocenters. The van der Waals surface area contributed by atoms with Gasteiger partial charge in [0.2, 0.25) is 5.91 Å². The van der Waals surface area contributed by atoms with Crippen molar-refractivity contribution in [1.29, 1.82) is 10.5 Å². The monoisotopic (exact) mass is 381 g/mol. The number of hydrogen-bond donors (Lipinski definition) is 2. The van der Waals surface area contributed by atoms with Crippen molar-refractivity contribution >= 4 is 23.5 Å². The molecule has 2 rings (SSSR count). The molecule has 0 atom stereocenters. The molecule has 0 spiro atoms. The van der Waals surface area contributed by atoms with Gasteiger partial charge in [0.25, 0.3) is 0 Å². The van der Waals surface area contributed by atoms with Crippen LogP contribution >= 0.6 is 11.8 Å². The first-order chi connectivity index (χ1) is 12.9. The van der Waals surface area contributed by atoms with E-state index in [0.29, 0.717) is 29.4 Å². The number of anilines is 1. The van der Waals surface area contributed by atoms with E-state index < -0.39 is 5.91 Å². The Hall–Kier alpha value is -3.23. The lowest BCUT2D eigenvalue weighted by Gasteiger charge is -2.13. The normalized spacial score (nSPS) is 10.3. The molecule has 0 bridgehead atoms. The maximum atomic E-state index is 11.1. The van der Waals surface area contributed by atoms with Crippen LogP contribution in [0.3, 0.4) is 0 Å². The van der Waals surface area contributed by atoms with E-state index in [4.69, 9.17) is 16.2 Å².